The van der Waals surface area contributed by atoms with Gasteiger partial charge in [0, 0.05) is 25.7 Å². The molecule has 0 saturated heterocycles. The van der Waals surface area contributed by atoms with E-state index < -0.39 is 0 Å². The number of hydrogen-bond donors (Lipinski definition) is 2. The van der Waals surface area contributed by atoms with Crippen molar-refractivity contribution in [2.75, 3.05) is 25.0 Å². The molecule has 0 saturated carbocycles. The number of halogens is 1. The molecule has 0 bridgehead atoms. The fraction of sp³-hybridized carbons (Fsp3) is 0.636. The Morgan fingerprint density at radius 1 is 1.53 bits per heavy atom. The lowest BCUT2D eigenvalue weighted by Gasteiger charge is -2.24. The molecule has 96 valence electrons. The first-order valence-corrected chi connectivity index (χ1v) is 6.30. The van der Waals surface area contributed by atoms with Crippen molar-refractivity contribution < 1.29 is 0 Å². The molecule has 0 aliphatic carbocycles. The van der Waals surface area contributed by atoms with E-state index in [1.54, 1.807) is 0 Å². The number of rotatable bonds is 4. The van der Waals surface area contributed by atoms with Crippen molar-refractivity contribution in [2.45, 2.75) is 26.3 Å². The molecule has 6 heteroatoms. The maximum atomic E-state index is 11.4. The zero-order valence-corrected chi connectivity index (χ0v) is 12.3. The first-order valence-electron chi connectivity index (χ1n) is 5.50. The van der Waals surface area contributed by atoms with Gasteiger partial charge in [-0.3, -0.25) is 4.79 Å². The van der Waals surface area contributed by atoms with Gasteiger partial charge in [0.05, 0.1) is 6.33 Å². The normalized spacial score (nSPS) is 11.6. The molecule has 1 heterocycles. The number of nitrogens with zero attached hydrogens (tertiary/aromatic N) is 2. The average Bonchev–Trinajstić information content (AvgIpc) is 2.20. The standard InChI is InChI=1S/C11H19BrN4O/c1-11(2,3)15-5-6-16(4)9-8(12)10(17)14-7-13-9/h7,15H,5-6H2,1-4H3,(H,13,14,17). The van der Waals surface area contributed by atoms with Crippen molar-refractivity contribution in [2.24, 2.45) is 0 Å². The third-order valence-corrected chi connectivity index (χ3v) is 2.96. The summed E-state index contributed by atoms with van der Waals surface area (Å²) in [6, 6.07) is 0. The molecule has 0 radical (unpaired) electrons. The first-order chi connectivity index (χ1) is 7.81. The first kappa shape index (κ1) is 14.2. The zero-order valence-electron chi connectivity index (χ0n) is 10.7. The lowest BCUT2D eigenvalue weighted by molar-refractivity contribution is 0.430. The summed E-state index contributed by atoms with van der Waals surface area (Å²) in [5.74, 6) is 0.657. The number of aromatic nitrogens is 2. The van der Waals surface area contributed by atoms with Crippen molar-refractivity contribution in [3.63, 3.8) is 0 Å². The minimum absolute atomic E-state index is 0.0969. The lowest BCUT2D eigenvalue weighted by Crippen LogP contribution is -2.41. The Labute approximate surface area is 110 Å². The molecule has 0 amide bonds. The summed E-state index contributed by atoms with van der Waals surface area (Å²) in [6.45, 7) is 7.98. The molecular formula is C11H19BrN4O. The van der Waals surface area contributed by atoms with E-state index in [0.717, 1.165) is 13.1 Å². The van der Waals surface area contributed by atoms with Gasteiger partial charge in [0.1, 0.15) is 10.3 Å². The Hall–Kier alpha value is -0.880. The minimum Gasteiger partial charge on any atom is -0.357 e. The molecule has 1 rings (SSSR count). The highest BCUT2D eigenvalue weighted by atomic mass is 79.9. The highest BCUT2D eigenvalue weighted by Gasteiger charge is 2.12. The number of likely N-dealkylation sites (N-methyl/N-ethyl adjacent to an activating group) is 1. The van der Waals surface area contributed by atoms with E-state index in [2.05, 4.69) is 52.0 Å². The summed E-state index contributed by atoms with van der Waals surface area (Å²) >= 11 is 3.24. The quantitative estimate of drug-likeness (QED) is 0.881. The minimum atomic E-state index is -0.161. The fourth-order valence-electron chi connectivity index (χ4n) is 1.34. The SMILES string of the molecule is CN(CCNC(C)(C)C)c1nc[nH]c(=O)c1Br. The summed E-state index contributed by atoms with van der Waals surface area (Å²) in [5, 5.41) is 3.39. The third kappa shape index (κ3) is 4.47. The number of aromatic amines is 1. The summed E-state index contributed by atoms with van der Waals surface area (Å²) < 4.78 is 0.471. The number of nitrogens with one attached hydrogen (secondary N) is 2. The van der Waals surface area contributed by atoms with Crippen LogP contribution in [0.15, 0.2) is 15.6 Å². The number of hydrogen-bond acceptors (Lipinski definition) is 4. The van der Waals surface area contributed by atoms with E-state index in [1.165, 1.54) is 6.33 Å². The van der Waals surface area contributed by atoms with Crippen LogP contribution in [0.2, 0.25) is 0 Å². The number of anilines is 1. The molecule has 0 spiro atoms. The van der Waals surface area contributed by atoms with Crippen molar-refractivity contribution >= 4 is 21.7 Å². The van der Waals surface area contributed by atoms with Crippen LogP contribution in [-0.4, -0.2) is 35.6 Å². The Balaban J connectivity index is 2.62. The van der Waals surface area contributed by atoms with Gasteiger partial charge in [-0.25, -0.2) is 4.98 Å². The van der Waals surface area contributed by atoms with Crippen LogP contribution in [0.5, 0.6) is 0 Å². The zero-order chi connectivity index (χ0) is 13.1. The van der Waals surface area contributed by atoms with Crippen molar-refractivity contribution in [3.8, 4) is 0 Å². The molecule has 0 fully saturated rings. The van der Waals surface area contributed by atoms with E-state index in [4.69, 9.17) is 0 Å². The van der Waals surface area contributed by atoms with Gasteiger partial charge in [0.2, 0.25) is 0 Å². The van der Waals surface area contributed by atoms with Gasteiger partial charge in [-0.1, -0.05) is 0 Å². The third-order valence-electron chi connectivity index (χ3n) is 2.24. The Bertz CT molecular complexity index is 424. The summed E-state index contributed by atoms with van der Waals surface area (Å²) in [5.41, 5.74) is -0.0646. The van der Waals surface area contributed by atoms with Gasteiger partial charge in [-0.2, -0.15) is 0 Å². The van der Waals surface area contributed by atoms with Crippen LogP contribution < -0.4 is 15.8 Å². The van der Waals surface area contributed by atoms with Crippen LogP contribution in [0.25, 0.3) is 0 Å². The molecule has 0 unspecified atom stereocenters. The average molecular weight is 303 g/mol. The predicted molar refractivity (Wildman–Crippen MR) is 73.6 cm³/mol. The molecule has 1 aromatic heterocycles. The summed E-state index contributed by atoms with van der Waals surface area (Å²) in [6.07, 6.45) is 1.41. The maximum Gasteiger partial charge on any atom is 0.267 e. The highest BCUT2D eigenvalue weighted by molar-refractivity contribution is 9.10. The second kappa shape index (κ2) is 5.64. The Kier molecular flexibility index (Phi) is 4.70. The molecule has 0 aliphatic rings. The molecule has 2 N–H and O–H groups in total. The molecular weight excluding hydrogens is 284 g/mol. The van der Waals surface area contributed by atoms with Crippen molar-refractivity contribution in [1.29, 1.82) is 0 Å². The lowest BCUT2D eigenvalue weighted by atomic mass is 10.1. The van der Waals surface area contributed by atoms with Crippen LogP contribution in [-0.2, 0) is 0 Å². The van der Waals surface area contributed by atoms with E-state index in [0.29, 0.717) is 10.3 Å². The van der Waals surface area contributed by atoms with Crippen molar-refractivity contribution in [3.05, 3.63) is 21.2 Å². The molecule has 1 aromatic rings. The molecule has 5 nitrogen and oxygen atoms in total. The Morgan fingerprint density at radius 3 is 2.76 bits per heavy atom. The van der Waals surface area contributed by atoms with Crippen LogP contribution in [0.3, 0.4) is 0 Å². The highest BCUT2D eigenvalue weighted by Crippen LogP contribution is 2.16. The van der Waals surface area contributed by atoms with Gasteiger partial charge < -0.3 is 15.2 Å². The van der Waals surface area contributed by atoms with Gasteiger partial charge in [-0.05, 0) is 36.7 Å². The van der Waals surface area contributed by atoms with E-state index in [1.807, 2.05) is 11.9 Å². The van der Waals surface area contributed by atoms with E-state index in [-0.39, 0.29) is 11.1 Å². The van der Waals surface area contributed by atoms with Gasteiger partial charge >= 0.3 is 0 Å². The summed E-state index contributed by atoms with van der Waals surface area (Å²) in [7, 11) is 1.91. The monoisotopic (exact) mass is 302 g/mol. The molecule has 0 aliphatic heterocycles. The van der Waals surface area contributed by atoms with Crippen LogP contribution in [0.4, 0.5) is 5.82 Å². The fourth-order valence-corrected chi connectivity index (χ4v) is 1.86. The van der Waals surface area contributed by atoms with Crippen LogP contribution in [0.1, 0.15) is 20.8 Å². The molecule has 17 heavy (non-hydrogen) atoms. The van der Waals surface area contributed by atoms with E-state index in [9.17, 15) is 4.79 Å². The van der Waals surface area contributed by atoms with Crippen LogP contribution >= 0.6 is 15.9 Å². The van der Waals surface area contributed by atoms with Crippen LogP contribution in [0, 0.1) is 0 Å². The van der Waals surface area contributed by atoms with Gasteiger partial charge in [0.15, 0.2) is 0 Å². The molecule has 0 atom stereocenters. The molecule has 0 aromatic carbocycles. The largest absolute Gasteiger partial charge is 0.357 e. The topological polar surface area (TPSA) is 61.0 Å². The van der Waals surface area contributed by atoms with Gasteiger partial charge in [-0.15, -0.1) is 0 Å². The van der Waals surface area contributed by atoms with Gasteiger partial charge in [0.25, 0.3) is 5.56 Å². The second-order valence-corrected chi connectivity index (χ2v) is 5.76. The smallest absolute Gasteiger partial charge is 0.267 e. The van der Waals surface area contributed by atoms with E-state index >= 15 is 0 Å². The second-order valence-electron chi connectivity index (χ2n) is 4.97. The van der Waals surface area contributed by atoms with Crippen molar-refractivity contribution in [1.82, 2.24) is 15.3 Å². The predicted octanol–water partition coefficient (Wildman–Crippen LogP) is 1.36. The number of H-pyrrole nitrogens is 1. The Morgan fingerprint density at radius 2 is 2.18 bits per heavy atom. The maximum absolute atomic E-state index is 11.4. The summed E-state index contributed by atoms with van der Waals surface area (Å²) in [4.78, 5) is 20.0.